The smallest absolute Gasteiger partial charge is 0.139 e. The van der Waals surface area contributed by atoms with Crippen molar-refractivity contribution in [2.45, 2.75) is 0 Å². The molecule has 0 bridgehead atoms. The fourth-order valence-electron chi connectivity index (χ4n) is 2.26. The van der Waals surface area contributed by atoms with Gasteiger partial charge in [0.15, 0.2) is 0 Å². The van der Waals surface area contributed by atoms with E-state index in [1.165, 1.54) is 11.5 Å². The number of benzene rings is 2. The minimum absolute atomic E-state index is 0.0943. The Labute approximate surface area is 115 Å². The van der Waals surface area contributed by atoms with Gasteiger partial charge in [-0.05, 0) is 24.3 Å². The third kappa shape index (κ3) is 2.38. The molecule has 3 aromatic rings. The van der Waals surface area contributed by atoms with Crippen molar-refractivity contribution < 1.29 is 9.13 Å². The second-order valence-corrected chi connectivity index (χ2v) is 4.55. The summed E-state index contributed by atoms with van der Waals surface area (Å²) < 4.78 is 18.6. The Balaban J connectivity index is 1.91. The lowest BCUT2D eigenvalue weighted by atomic mass is 10.1. The predicted molar refractivity (Wildman–Crippen MR) is 79.5 cm³/mol. The van der Waals surface area contributed by atoms with Crippen LogP contribution in [0.1, 0.15) is 0 Å². The molecule has 0 saturated heterocycles. The summed E-state index contributed by atoms with van der Waals surface area (Å²) in [5.41, 5.74) is 7.30. The molecule has 102 valence electrons. The third-order valence-corrected chi connectivity index (χ3v) is 3.19. The zero-order valence-corrected chi connectivity index (χ0v) is 10.9. The summed E-state index contributed by atoms with van der Waals surface area (Å²) in [6, 6.07) is 13.8. The van der Waals surface area contributed by atoms with Gasteiger partial charge in [0.25, 0.3) is 0 Å². The van der Waals surface area contributed by atoms with E-state index in [0.29, 0.717) is 5.75 Å². The van der Waals surface area contributed by atoms with E-state index in [0.717, 1.165) is 16.4 Å². The molecule has 3 N–H and O–H groups in total. The number of nitrogens with one attached hydrogen (secondary N) is 1. The predicted octanol–water partition coefficient (Wildman–Crippen LogP) is 3.51. The Morgan fingerprint density at radius 1 is 1.15 bits per heavy atom. The van der Waals surface area contributed by atoms with E-state index in [1.807, 2.05) is 36.4 Å². The first-order valence-electron chi connectivity index (χ1n) is 6.46. The maximum Gasteiger partial charge on any atom is 0.139 e. The van der Waals surface area contributed by atoms with E-state index in [4.69, 9.17) is 10.5 Å². The molecule has 1 heterocycles. The molecule has 0 aliphatic heterocycles. The van der Waals surface area contributed by atoms with Gasteiger partial charge < -0.3 is 15.5 Å². The van der Waals surface area contributed by atoms with Crippen LogP contribution in [0.3, 0.4) is 0 Å². The molecular formula is C16H15FN2O. The van der Waals surface area contributed by atoms with Crippen LogP contribution in [0.4, 0.5) is 4.39 Å². The molecule has 0 spiro atoms. The van der Waals surface area contributed by atoms with Crippen LogP contribution in [0.5, 0.6) is 5.75 Å². The number of aromatic nitrogens is 1. The number of halogens is 1. The van der Waals surface area contributed by atoms with Crippen molar-refractivity contribution in [3.8, 4) is 5.75 Å². The zero-order valence-electron chi connectivity index (χ0n) is 10.9. The normalized spacial score (nSPS) is 12.2. The van der Waals surface area contributed by atoms with Crippen LogP contribution in [0, 0.1) is 0 Å². The summed E-state index contributed by atoms with van der Waals surface area (Å²) in [5.74, 6) is 0.272. The molecule has 0 amide bonds. The highest BCUT2D eigenvalue weighted by Gasteiger charge is 2.05. The van der Waals surface area contributed by atoms with Crippen molar-refractivity contribution >= 4 is 21.8 Å². The summed E-state index contributed by atoms with van der Waals surface area (Å²) in [4.78, 5) is 3.32. The molecular weight excluding hydrogens is 255 g/mol. The summed E-state index contributed by atoms with van der Waals surface area (Å²) in [6.07, 6.45) is 1.31. The highest BCUT2D eigenvalue weighted by Crippen LogP contribution is 2.28. The van der Waals surface area contributed by atoms with Crippen molar-refractivity contribution in [2.24, 2.45) is 5.73 Å². The highest BCUT2D eigenvalue weighted by molar-refractivity contribution is 6.07. The lowest BCUT2D eigenvalue weighted by Gasteiger charge is -2.04. The first-order chi connectivity index (χ1) is 9.78. The van der Waals surface area contributed by atoms with Crippen LogP contribution in [0.25, 0.3) is 21.8 Å². The van der Waals surface area contributed by atoms with Gasteiger partial charge in [-0.15, -0.1) is 0 Å². The summed E-state index contributed by atoms with van der Waals surface area (Å²) in [5, 5.41) is 2.30. The first kappa shape index (κ1) is 12.7. The topological polar surface area (TPSA) is 51.0 Å². The summed E-state index contributed by atoms with van der Waals surface area (Å²) in [6.45, 7) is 0.0825. The van der Waals surface area contributed by atoms with Gasteiger partial charge >= 0.3 is 0 Å². The number of ether oxygens (including phenoxy) is 1. The Hall–Kier alpha value is -2.33. The van der Waals surface area contributed by atoms with Crippen LogP contribution in [-0.2, 0) is 0 Å². The molecule has 0 radical (unpaired) electrons. The van der Waals surface area contributed by atoms with Crippen LogP contribution < -0.4 is 10.5 Å². The lowest BCUT2D eigenvalue weighted by molar-refractivity contribution is 0.318. The number of hydrogen-bond acceptors (Lipinski definition) is 2. The van der Waals surface area contributed by atoms with Gasteiger partial charge in [-0.25, -0.2) is 4.39 Å². The van der Waals surface area contributed by atoms with Gasteiger partial charge in [0.1, 0.15) is 18.2 Å². The van der Waals surface area contributed by atoms with Crippen molar-refractivity contribution in [1.29, 1.82) is 0 Å². The van der Waals surface area contributed by atoms with Crippen molar-refractivity contribution in [1.82, 2.24) is 4.98 Å². The number of rotatable bonds is 4. The number of fused-ring (bicyclic) bond motifs is 3. The van der Waals surface area contributed by atoms with E-state index in [-0.39, 0.29) is 19.0 Å². The quantitative estimate of drug-likeness (QED) is 0.762. The van der Waals surface area contributed by atoms with Crippen molar-refractivity contribution in [3.63, 3.8) is 0 Å². The molecule has 0 saturated carbocycles. The fraction of sp³-hybridized carbons (Fsp3) is 0.125. The standard InChI is InChI=1S/C16H15FN2O/c17-11(7-8-18)10-20-12-5-6-14-13-3-1-2-4-15(13)19-16(14)9-12/h1-7,9,19H,8,10,18H2. The van der Waals surface area contributed by atoms with Crippen LogP contribution in [-0.4, -0.2) is 18.1 Å². The molecule has 4 heteroatoms. The molecule has 3 rings (SSSR count). The highest BCUT2D eigenvalue weighted by atomic mass is 19.1. The van der Waals surface area contributed by atoms with E-state index < -0.39 is 0 Å². The maximum atomic E-state index is 13.2. The lowest BCUT2D eigenvalue weighted by Crippen LogP contribution is -2.01. The second-order valence-electron chi connectivity index (χ2n) is 4.55. The number of aromatic amines is 1. The molecule has 0 aliphatic rings. The Bertz CT molecular complexity index is 776. The monoisotopic (exact) mass is 270 g/mol. The molecule has 1 aromatic heterocycles. The molecule has 0 unspecified atom stereocenters. The van der Waals surface area contributed by atoms with Crippen molar-refractivity contribution in [2.75, 3.05) is 13.2 Å². The van der Waals surface area contributed by atoms with E-state index in [1.54, 1.807) is 0 Å². The van der Waals surface area contributed by atoms with E-state index >= 15 is 0 Å². The van der Waals surface area contributed by atoms with Gasteiger partial charge in [0.2, 0.25) is 0 Å². The zero-order chi connectivity index (χ0) is 13.9. The molecule has 0 aliphatic carbocycles. The Kier molecular flexibility index (Phi) is 3.39. The number of H-pyrrole nitrogens is 1. The minimum atomic E-state index is -0.357. The summed E-state index contributed by atoms with van der Waals surface area (Å²) in [7, 11) is 0. The number of hydrogen-bond donors (Lipinski definition) is 2. The molecule has 20 heavy (non-hydrogen) atoms. The van der Waals surface area contributed by atoms with Gasteiger partial charge in [-0.2, -0.15) is 0 Å². The minimum Gasteiger partial charge on any atom is -0.486 e. The van der Waals surface area contributed by atoms with E-state index in [2.05, 4.69) is 11.1 Å². The van der Waals surface area contributed by atoms with Crippen molar-refractivity contribution in [3.05, 3.63) is 54.4 Å². The van der Waals surface area contributed by atoms with Gasteiger partial charge in [0, 0.05) is 28.9 Å². The van der Waals surface area contributed by atoms with Gasteiger partial charge in [0.05, 0.1) is 5.52 Å². The SMILES string of the molecule is NCC=C(F)COc1ccc2c(c1)[nH]c1ccccc12. The van der Waals surface area contributed by atoms with Crippen LogP contribution in [0.2, 0.25) is 0 Å². The van der Waals surface area contributed by atoms with Gasteiger partial charge in [-0.1, -0.05) is 18.2 Å². The average molecular weight is 270 g/mol. The molecule has 2 aromatic carbocycles. The maximum absolute atomic E-state index is 13.2. The molecule has 3 nitrogen and oxygen atoms in total. The fourth-order valence-corrected chi connectivity index (χ4v) is 2.26. The molecule has 0 fully saturated rings. The third-order valence-electron chi connectivity index (χ3n) is 3.19. The van der Waals surface area contributed by atoms with E-state index in [9.17, 15) is 4.39 Å². The van der Waals surface area contributed by atoms with Crippen LogP contribution >= 0.6 is 0 Å². The Morgan fingerprint density at radius 2 is 1.95 bits per heavy atom. The summed E-state index contributed by atoms with van der Waals surface area (Å²) >= 11 is 0. The molecule has 0 atom stereocenters. The number of para-hydroxylation sites is 1. The first-order valence-corrected chi connectivity index (χ1v) is 6.46. The Morgan fingerprint density at radius 3 is 2.80 bits per heavy atom. The van der Waals surface area contributed by atoms with Gasteiger partial charge in [-0.3, -0.25) is 0 Å². The number of nitrogens with two attached hydrogens (primary N) is 1. The largest absolute Gasteiger partial charge is 0.486 e. The van der Waals surface area contributed by atoms with Crippen LogP contribution in [0.15, 0.2) is 54.4 Å². The second kappa shape index (κ2) is 5.35. The average Bonchev–Trinajstić information content (AvgIpc) is 2.83.